The minimum atomic E-state index is -0.540. The molecule has 4 rings (SSSR count). The molecule has 0 N–H and O–H groups in total. The van der Waals surface area contributed by atoms with Gasteiger partial charge in [-0.1, -0.05) is 12.1 Å². The summed E-state index contributed by atoms with van der Waals surface area (Å²) in [7, 11) is 0. The maximum Gasteiger partial charge on any atom is 0.271 e. The van der Waals surface area contributed by atoms with E-state index in [9.17, 15) is 19.7 Å². The van der Waals surface area contributed by atoms with Crippen LogP contribution in [0.4, 0.5) is 11.4 Å². The van der Waals surface area contributed by atoms with Crippen molar-refractivity contribution in [3.05, 3.63) is 58.1 Å². The second kappa shape index (κ2) is 8.63. The quantitative estimate of drug-likeness (QED) is 0.521. The van der Waals surface area contributed by atoms with Gasteiger partial charge in [0, 0.05) is 18.7 Å². The van der Waals surface area contributed by atoms with E-state index < -0.39 is 10.8 Å². The highest BCUT2D eigenvalue weighted by Gasteiger charge is 2.34. The summed E-state index contributed by atoms with van der Waals surface area (Å²) in [5, 5.41) is 11.1. The monoisotopic (exact) mass is 425 g/mol. The average molecular weight is 425 g/mol. The van der Waals surface area contributed by atoms with Crippen LogP contribution in [0.25, 0.3) is 0 Å². The van der Waals surface area contributed by atoms with Crippen molar-refractivity contribution >= 4 is 23.2 Å². The van der Waals surface area contributed by atoms with Crippen molar-refractivity contribution in [3.63, 3.8) is 0 Å². The molecule has 162 valence electrons. The van der Waals surface area contributed by atoms with Crippen LogP contribution in [0.1, 0.15) is 31.4 Å². The first-order valence-corrected chi connectivity index (χ1v) is 10.2. The minimum Gasteiger partial charge on any atom is -0.494 e. The van der Waals surface area contributed by atoms with Crippen molar-refractivity contribution in [1.82, 2.24) is 4.90 Å². The predicted octanol–water partition coefficient (Wildman–Crippen LogP) is 3.08. The summed E-state index contributed by atoms with van der Waals surface area (Å²) in [5.41, 5.74) is 1.09. The van der Waals surface area contributed by atoms with E-state index in [1.807, 2.05) is 31.2 Å². The van der Waals surface area contributed by atoms with Crippen LogP contribution >= 0.6 is 0 Å². The second-order valence-electron chi connectivity index (χ2n) is 7.42. The zero-order chi connectivity index (χ0) is 22.0. The van der Waals surface area contributed by atoms with Gasteiger partial charge in [-0.2, -0.15) is 0 Å². The van der Waals surface area contributed by atoms with Gasteiger partial charge in [0.2, 0.25) is 5.91 Å². The number of rotatable bonds is 6. The molecule has 0 aromatic heterocycles. The molecule has 0 saturated carbocycles. The van der Waals surface area contributed by atoms with E-state index in [2.05, 4.69) is 0 Å². The maximum atomic E-state index is 13.2. The van der Waals surface area contributed by atoms with Gasteiger partial charge in [0.15, 0.2) is 6.61 Å². The number of nitro benzene ring substituents is 1. The highest BCUT2D eigenvalue weighted by atomic mass is 16.6. The summed E-state index contributed by atoms with van der Waals surface area (Å²) in [4.78, 5) is 39.3. The van der Waals surface area contributed by atoms with Gasteiger partial charge in [0.05, 0.1) is 23.3 Å². The van der Waals surface area contributed by atoms with Crippen LogP contribution in [-0.2, 0) is 9.59 Å². The summed E-state index contributed by atoms with van der Waals surface area (Å²) in [6.45, 7) is 2.70. The molecule has 2 aliphatic rings. The van der Waals surface area contributed by atoms with Crippen LogP contribution in [0.2, 0.25) is 0 Å². The molecule has 0 spiro atoms. The molecular formula is C22H23N3O6. The third kappa shape index (κ3) is 4.16. The average Bonchev–Trinajstić information content (AvgIpc) is 3.26. The van der Waals surface area contributed by atoms with Crippen molar-refractivity contribution in [3.8, 4) is 11.5 Å². The first-order chi connectivity index (χ1) is 15.0. The van der Waals surface area contributed by atoms with Gasteiger partial charge in [0.1, 0.15) is 18.0 Å². The lowest BCUT2D eigenvalue weighted by atomic mass is 10.0. The summed E-state index contributed by atoms with van der Waals surface area (Å²) in [6, 6.07) is 11.7. The Kier molecular flexibility index (Phi) is 5.75. The molecule has 1 saturated heterocycles. The zero-order valence-electron chi connectivity index (χ0n) is 17.2. The number of nitrogens with zero attached hydrogens (tertiary/aromatic N) is 3. The Labute approximate surface area is 179 Å². The highest BCUT2D eigenvalue weighted by Crippen LogP contribution is 2.37. The number of likely N-dealkylation sites (tertiary alicyclic amines) is 1. The maximum absolute atomic E-state index is 13.2. The van der Waals surface area contributed by atoms with Gasteiger partial charge in [-0.25, -0.2) is 0 Å². The second-order valence-corrected chi connectivity index (χ2v) is 7.42. The topological polar surface area (TPSA) is 102 Å². The SMILES string of the molecule is CCOc1ccc(C2CCCN2C(=O)CN2C(=O)COc3ccc([N+](=O)[O-])cc32)cc1. The molecule has 2 amide bonds. The zero-order valence-corrected chi connectivity index (χ0v) is 17.2. The van der Waals surface area contributed by atoms with E-state index in [1.165, 1.54) is 23.1 Å². The smallest absolute Gasteiger partial charge is 0.271 e. The number of non-ortho nitro benzene ring substituents is 1. The molecule has 9 nitrogen and oxygen atoms in total. The number of carbonyl (C=O) groups excluding carboxylic acids is 2. The minimum absolute atomic E-state index is 0.0797. The normalized spacial score (nSPS) is 17.8. The fourth-order valence-electron chi connectivity index (χ4n) is 4.07. The Balaban J connectivity index is 1.54. The Bertz CT molecular complexity index is 1010. The van der Waals surface area contributed by atoms with E-state index in [1.54, 1.807) is 4.90 Å². The number of anilines is 1. The third-order valence-corrected chi connectivity index (χ3v) is 5.54. The van der Waals surface area contributed by atoms with Gasteiger partial charge in [-0.3, -0.25) is 24.6 Å². The van der Waals surface area contributed by atoms with E-state index >= 15 is 0 Å². The molecule has 2 heterocycles. The van der Waals surface area contributed by atoms with Crippen LogP contribution < -0.4 is 14.4 Å². The molecule has 0 radical (unpaired) electrons. The van der Waals surface area contributed by atoms with Crippen LogP contribution in [-0.4, -0.2) is 47.9 Å². The van der Waals surface area contributed by atoms with Crippen LogP contribution in [0, 0.1) is 10.1 Å². The molecule has 0 bridgehead atoms. The molecule has 1 atom stereocenters. The van der Waals surface area contributed by atoms with E-state index in [0.29, 0.717) is 18.9 Å². The molecule has 9 heteroatoms. The molecule has 31 heavy (non-hydrogen) atoms. The largest absolute Gasteiger partial charge is 0.494 e. The standard InChI is InChI=1S/C22H23N3O6/c1-2-30-17-8-5-15(6-9-17)18-4-3-11-23(18)21(26)13-24-19-12-16(25(28)29)7-10-20(19)31-14-22(24)27/h5-10,12,18H,2-4,11,13-14H2,1H3. The Morgan fingerprint density at radius 3 is 2.74 bits per heavy atom. The summed E-state index contributed by atoms with van der Waals surface area (Å²) in [5.74, 6) is 0.518. The molecule has 2 aromatic carbocycles. The van der Waals surface area contributed by atoms with Crippen molar-refractivity contribution < 1.29 is 24.0 Å². The predicted molar refractivity (Wildman–Crippen MR) is 112 cm³/mol. The summed E-state index contributed by atoms with van der Waals surface area (Å²) < 4.78 is 10.9. The van der Waals surface area contributed by atoms with Gasteiger partial charge in [-0.15, -0.1) is 0 Å². The van der Waals surface area contributed by atoms with Crippen molar-refractivity contribution in [2.75, 3.05) is 31.2 Å². The highest BCUT2D eigenvalue weighted by molar-refractivity contribution is 6.02. The Hall–Kier alpha value is -3.62. The first-order valence-electron chi connectivity index (χ1n) is 10.2. The van der Waals surface area contributed by atoms with Crippen molar-refractivity contribution in [2.45, 2.75) is 25.8 Å². The number of fused-ring (bicyclic) bond motifs is 1. The van der Waals surface area contributed by atoms with Gasteiger partial charge in [-0.05, 0) is 43.5 Å². The van der Waals surface area contributed by atoms with E-state index in [-0.39, 0.29) is 36.5 Å². The molecule has 2 aliphatic heterocycles. The molecule has 2 aromatic rings. The lowest BCUT2D eigenvalue weighted by Crippen LogP contribution is -2.46. The number of carbonyl (C=O) groups is 2. The lowest BCUT2D eigenvalue weighted by Gasteiger charge is -2.32. The summed E-state index contributed by atoms with van der Waals surface area (Å²) >= 11 is 0. The number of hydrogen-bond acceptors (Lipinski definition) is 6. The van der Waals surface area contributed by atoms with Crippen LogP contribution in [0.3, 0.4) is 0 Å². The molecular weight excluding hydrogens is 402 g/mol. The molecule has 0 aliphatic carbocycles. The Morgan fingerprint density at radius 2 is 2.03 bits per heavy atom. The number of benzene rings is 2. The third-order valence-electron chi connectivity index (χ3n) is 5.54. The number of hydrogen-bond donors (Lipinski definition) is 0. The number of amides is 2. The summed E-state index contributed by atoms with van der Waals surface area (Å²) in [6.07, 6.45) is 1.70. The van der Waals surface area contributed by atoms with Crippen molar-refractivity contribution in [1.29, 1.82) is 0 Å². The van der Waals surface area contributed by atoms with Crippen LogP contribution in [0.15, 0.2) is 42.5 Å². The molecule has 1 unspecified atom stereocenters. The van der Waals surface area contributed by atoms with Gasteiger partial charge < -0.3 is 14.4 Å². The van der Waals surface area contributed by atoms with Crippen LogP contribution in [0.5, 0.6) is 11.5 Å². The number of ether oxygens (including phenoxy) is 2. The molecule has 1 fully saturated rings. The fraction of sp³-hybridized carbons (Fsp3) is 0.364. The van der Waals surface area contributed by atoms with Crippen molar-refractivity contribution in [2.24, 2.45) is 0 Å². The van der Waals surface area contributed by atoms with Gasteiger partial charge in [0.25, 0.3) is 11.6 Å². The van der Waals surface area contributed by atoms with E-state index in [4.69, 9.17) is 9.47 Å². The first kappa shape index (κ1) is 20.6. The Morgan fingerprint density at radius 1 is 1.26 bits per heavy atom. The fourth-order valence-corrected chi connectivity index (χ4v) is 4.07. The van der Waals surface area contributed by atoms with Gasteiger partial charge >= 0.3 is 0 Å². The lowest BCUT2D eigenvalue weighted by molar-refractivity contribution is -0.384. The number of nitro groups is 1. The van der Waals surface area contributed by atoms with E-state index in [0.717, 1.165) is 24.2 Å².